The van der Waals surface area contributed by atoms with Crippen molar-refractivity contribution >= 4 is 11.6 Å². The van der Waals surface area contributed by atoms with Gasteiger partial charge in [-0.3, -0.25) is 4.79 Å². The maximum Gasteiger partial charge on any atom is 0.230 e. The molecule has 1 heterocycles. The molecule has 2 aromatic rings. The largest absolute Gasteiger partial charge is 0.497 e. The van der Waals surface area contributed by atoms with E-state index in [4.69, 9.17) is 9.47 Å². The Kier molecular flexibility index (Phi) is 7.28. The standard InChI is InChI=1S/C22H29N3O3/c1-27-19-8-9-20(21(16-19)28-2)23-22(26)10-11-24-12-14-25(15-13-24)17-18-6-4-3-5-7-18/h3-9,16H,10-15,17H2,1-2H3,(H,23,26)/p+2. The summed E-state index contributed by atoms with van der Waals surface area (Å²) < 4.78 is 10.5. The third-order valence-corrected chi connectivity index (χ3v) is 5.35. The fraction of sp³-hybridized carbons (Fsp3) is 0.409. The number of quaternary nitrogens is 2. The Bertz CT molecular complexity index is 759. The second-order valence-electron chi connectivity index (χ2n) is 7.28. The van der Waals surface area contributed by atoms with E-state index in [0.717, 1.165) is 39.3 Å². The lowest BCUT2D eigenvalue weighted by molar-refractivity contribution is -1.02. The van der Waals surface area contributed by atoms with Crippen molar-refractivity contribution in [3.8, 4) is 11.5 Å². The van der Waals surface area contributed by atoms with Gasteiger partial charge in [0.05, 0.1) is 32.9 Å². The van der Waals surface area contributed by atoms with Crippen LogP contribution in [0.15, 0.2) is 48.5 Å². The fourth-order valence-corrected chi connectivity index (χ4v) is 3.67. The number of amides is 1. The van der Waals surface area contributed by atoms with E-state index in [1.807, 2.05) is 12.1 Å². The van der Waals surface area contributed by atoms with Gasteiger partial charge in [0, 0.05) is 11.6 Å². The number of piperazine rings is 1. The minimum atomic E-state index is 0.0232. The molecule has 0 saturated carbocycles. The molecule has 1 amide bonds. The number of benzene rings is 2. The molecule has 0 atom stereocenters. The first-order valence-electron chi connectivity index (χ1n) is 9.91. The van der Waals surface area contributed by atoms with Gasteiger partial charge in [-0.05, 0) is 12.1 Å². The molecule has 3 rings (SSSR count). The molecule has 150 valence electrons. The zero-order valence-corrected chi connectivity index (χ0v) is 16.8. The predicted molar refractivity (Wildman–Crippen MR) is 109 cm³/mol. The topological polar surface area (TPSA) is 56.4 Å². The first-order chi connectivity index (χ1) is 13.7. The van der Waals surface area contributed by atoms with Crippen molar-refractivity contribution in [3.05, 3.63) is 54.1 Å². The highest BCUT2D eigenvalue weighted by Crippen LogP contribution is 2.28. The zero-order chi connectivity index (χ0) is 19.8. The molecule has 0 aliphatic carbocycles. The van der Waals surface area contributed by atoms with Crippen molar-refractivity contribution in [3.63, 3.8) is 0 Å². The van der Waals surface area contributed by atoms with E-state index in [-0.39, 0.29) is 5.91 Å². The molecule has 1 aliphatic heterocycles. The molecule has 0 radical (unpaired) electrons. The molecule has 0 bridgehead atoms. The lowest BCUT2D eigenvalue weighted by atomic mass is 10.2. The van der Waals surface area contributed by atoms with E-state index < -0.39 is 0 Å². The molecule has 1 aliphatic rings. The molecule has 28 heavy (non-hydrogen) atoms. The summed E-state index contributed by atoms with van der Waals surface area (Å²) in [5.41, 5.74) is 2.08. The van der Waals surface area contributed by atoms with Crippen LogP contribution in [0.25, 0.3) is 0 Å². The Morgan fingerprint density at radius 2 is 1.68 bits per heavy atom. The van der Waals surface area contributed by atoms with Crippen LogP contribution in [0.4, 0.5) is 5.69 Å². The molecule has 3 N–H and O–H groups in total. The average Bonchev–Trinajstić information content (AvgIpc) is 2.74. The van der Waals surface area contributed by atoms with E-state index in [2.05, 4.69) is 35.6 Å². The monoisotopic (exact) mass is 385 g/mol. The van der Waals surface area contributed by atoms with Crippen LogP contribution in [-0.4, -0.2) is 52.9 Å². The molecular weight excluding hydrogens is 354 g/mol. The predicted octanol–water partition coefficient (Wildman–Crippen LogP) is 0.0160. The lowest BCUT2D eigenvalue weighted by Gasteiger charge is -2.29. The Morgan fingerprint density at radius 1 is 0.964 bits per heavy atom. The summed E-state index contributed by atoms with van der Waals surface area (Å²) >= 11 is 0. The molecule has 6 heteroatoms. The summed E-state index contributed by atoms with van der Waals surface area (Å²) in [6, 6.07) is 16.1. The van der Waals surface area contributed by atoms with E-state index in [0.29, 0.717) is 23.6 Å². The quantitative estimate of drug-likeness (QED) is 0.600. The Balaban J connectivity index is 1.41. The molecule has 2 aromatic carbocycles. The molecule has 0 aromatic heterocycles. The zero-order valence-electron chi connectivity index (χ0n) is 16.8. The van der Waals surface area contributed by atoms with Crippen molar-refractivity contribution in [2.24, 2.45) is 0 Å². The van der Waals surface area contributed by atoms with E-state index >= 15 is 0 Å². The minimum absolute atomic E-state index is 0.0232. The van der Waals surface area contributed by atoms with Crippen molar-refractivity contribution in [2.45, 2.75) is 13.0 Å². The van der Waals surface area contributed by atoms with E-state index in [1.165, 1.54) is 10.5 Å². The number of carbonyl (C=O) groups is 1. The third kappa shape index (κ3) is 5.71. The molecule has 1 saturated heterocycles. The van der Waals surface area contributed by atoms with Gasteiger partial charge in [-0.15, -0.1) is 0 Å². The van der Waals surface area contributed by atoms with Gasteiger partial charge in [-0.25, -0.2) is 0 Å². The molecule has 0 unspecified atom stereocenters. The Morgan fingerprint density at radius 3 is 2.36 bits per heavy atom. The summed E-state index contributed by atoms with van der Waals surface area (Å²) in [5, 5.41) is 2.96. The Labute approximate surface area is 167 Å². The van der Waals surface area contributed by atoms with Gasteiger partial charge in [-0.1, -0.05) is 30.3 Å². The van der Waals surface area contributed by atoms with Crippen molar-refractivity contribution in [1.82, 2.24) is 0 Å². The minimum Gasteiger partial charge on any atom is -0.497 e. The first kappa shape index (κ1) is 20.2. The number of anilines is 1. The van der Waals surface area contributed by atoms with Crippen LogP contribution in [0.5, 0.6) is 11.5 Å². The summed E-state index contributed by atoms with van der Waals surface area (Å²) in [7, 11) is 3.20. The Hall–Kier alpha value is -2.57. The first-order valence-corrected chi connectivity index (χ1v) is 9.91. The highest BCUT2D eigenvalue weighted by Gasteiger charge is 2.23. The maximum absolute atomic E-state index is 12.4. The normalized spacial score (nSPS) is 19.1. The van der Waals surface area contributed by atoms with Gasteiger partial charge in [0.15, 0.2) is 0 Å². The SMILES string of the molecule is COc1ccc(NC(=O)CC[NH+]2CC[NH+](Cc3ccccc3)CC2)c(OC)c1. The van der Waals surface area contributed by atoms with Gasteiger partial charge in [0.1, 0.15) is 44.2 Å². The highest BCUT2D eigenvalue weighted by molar-refractivity contribution is 5.92. The van der Waals surface area contributed by atoms with Crippen LogP contribution in [0.3, 0.4) is 0 Å². The van der Waals surface area contributed by atoms with Crippen LogP contribution in [-0.2, 0) is 11.3 Å². The fourth-order valence-electron chi connectivity index (χ4n) is 3.67. The number of carbonyl (C=O) groups excluding carboxylic acids is 1. The second kappa shape index (κ2) is 10.1. The van der Waals surface area contributed by atoms with Gasteiger partial charge >= 0.3 is 0 Å². The maximum atomic E-state index is 12.4. The van der Waals surface area contributed by atoms with E-state index in [9.17, 15) is 4.79 Å². The molecule has 1 fully saturated rings. The van der Waals surface area contributed by atoms with Crippen LogP contribution in [0, 0.1) is 0 Å². The third-order valence-electron chi connectivity index (χ3n) is 5.35. The summed E-state index contributed by atoms with van der Waals surface area (Å²) in [5.74, 6) is 1.34. The second-order valence-corrected chi connectivity index (χ2v) is 7.28. The van der Waals surface area contributed by atoms with Crippen molar-refractivity contribution in [2.75, 3.05) is 52.3 Å². The van der Waals surface area contributed by atoms with Gasteiger partial charge in [0.2, 0.25) is 5.91 Å². The van der Waals surface area contributed by atoms with Gasteiger partial charge in [0.25, 0.3) is 0 Å². The van der Waals surface area contributed by atoms with Gasteiger partial charge < -0.3 is 24.6 Å². The number of methoxy groups -OCH3 is 2. The number of rotatable bonds is 8. The van der Waals surface area contributed by atoms with Crippen LogP contribution in [0.2, 0.25) is 0 Å². The average molecular weight is 386 g/mol. The molecular formula is C22H31N3O3+2. The van der Waals surface area contributed by atoms with E-state index in [1.54, 1.807) is 25.2 Å². The number of ether oxygens (including phenoxy) is 2. The lowest BCUT2D eigenvalue weighted by Crippen LogP contribution is -3.27. The summed E-state index contributed by atoms with van der Waals surface area (Å²) in [6.07, 6.45) is 0.512. The highest BCUT2D eigenvalue weighted by atomic mass is 16.5. The van der Waals surface area contributed by atoms with Crippen molar-refractivity contribution in [1.29, 1.82) is 0 Å². The van der Waals surface area contributed by atoms with Crippen LogP contribution in [0.1, 0.15) is 12.0 Å². The van der Waals surface area contributed by atoms with Crippen LogP contribution < -0.4 is 24.6 Å². The number of nitrogens with one attached hydrogen (secondary N) is 3. The molecule has 6 nitrogen and oxygen atoms in total. The number of hydrogen-bond donors (Lipinski definition) is 3. The molecule has 0 spiro atoms. The van der Waals surface area contributed by atoms with Crippen LogP contribution >= 0.6 is 0 Å². The van der Waals surface area contributed by atoms with Crippen molar-refractivity contribution < 1.29 is 24.1 Å². The summed E-state index contributed by atoms with van der Waals surface area (Å²) in [6.45, 7) is 6.48. The smallest absolute Gasteiger partial charge is 0.230 e. The summed E-state index contributed by atoms with van der Waals surface area (Å²) in [4.78, 5) is 15.5. The number of hydrogen-bond acceptors (Lipinski definition) is 3. The van der Waals surface area contributed by atoms with Gasteiger partial charge in [-0.2, -0.15) is 0 Å².